The number of hydrogen-bond donors (Lipinski definition) is 3. The molecule has 1 amide bonds. The Labute approximate surface area is 106 Å². The summed E-state index contributed by atoms with van der Waals surface area (Å²) in [5.41, 5.74) is 0. The summed E-state index contributed by atoms with van der Waals surface area (Å²) in [6, 6.07) is -0.540. The summed E-state index contributed by atoms with van der Waals surface area (Å²) in [4.78, 5) is 22.6. The van der Waals surface area contributed by atoms with Crippen molar-refractivity contribution in [1.29, 1.82) is 0 Å². The Hall–Kier alpha value is -0.750. The molecule has 0 bridgehead atoms. The molecular formula is C11H20N2O3S. The lowest BCUT2D eigenvalue weighted by Crippen LogP contribution is -2.43. The fourth-order valence-electron chi connectivity index (χ4n) is 1.90. The largest absolute Gasteiger partial charge is 0.480 e. The molecular weight excluding hydrogens is 240 g/mol. The third-order valence-corrected chi connectivity index (χ3v) is 3.48. The molecule has 5 nitrogen and oxygen atoms in total. The fraction of sp³-hybridized carbons (Fsp3) is 0.818. The minimum absolute atomic E-state index is 0.169. The number of carbonyl (C=O) groups excluding carboxylic acids is 1. The van der Waals surface area contributed by atoms with Crippen molar-refractivity contribution in [1.82, 2.24) is 10.6 Å². The molecule has 3 N–H and O–H groups in total. The summed E-state index contributed by atoms with van der Waals surface area (Å²) in [6.45, 7) is 0.951. The second-order valence-electron chi connectivity index (χ2n) is 4.24. The average Bonchev–Trinajstić information content (AvgIpc) is 2.76. The quantitative estimate of drug-likeness (QED) is 0.619. The standard InChI is InChI=1S/C11H20N2O3S/c1-17-6-4-9(11(15)16)13-10(14)7-8-3-2-5-12-8/h8-9,12H,2-7H2,1H3,(H,13,14)(H,15,16). The minimum Gasteiger partial charge on any atom is -0.480 e. The maximum absolute atomic E-state index is 11.7. The minimum atomic E-state index is -0.952. The van der Waals surface area contributed by atoms with Crippen LogP contribution in [-0.4, -0.2) is 47.6 Å². The zero-order chi connectivity index (χ0) is 12.7. The van der Waals surface area contributed by atoms with Crippen molar-refractivity contribution in [2.24, 2.45) is 0 Å². The van der Waals surface area contributed by atoms with Crippen LogP contribution in [0.1, 0.15) is 25.7 Å². The van der Waals surface area contributed by atoms with Crippen molar-refractivity contribution in [3.63, 3.8) is 0 Å². The van der Waals surface area contributed by atoms with E-state index in [1.54, 1.807) is 11.8 Å². The summed E-state index contributed by atoms with van der Waals surface area (Å²) in [5.74, 6) is -0.386. The number of nitrogens with one attached hydrogen (secondary N) is 2. The van der Waals surface area contributed by atoms with Gasteiger partial charge in [-0.05, 0) is 37.8 Å². The van der Waals surface area contributed by atoms with Gasteiger partial charge >= 0.3 is 5.97 Å². The highest BCUT2D eigenvalue weighted by Gasteiger charge is 2.22. The predicted molar refractivity (Wildman–Crippen MR) is 68.2 cm³/mol. The Morgan fingerprint density at radius 3 is 2.88 bits per heavy atom. The van der Waals surface area contributed by atoms with Gasteiger partial charge in [-0.1, -0.05) is 0 Å². The molecule has 1 heterocycles. The molecule has 98 valence electrons. The third-order valence-electron chi connectivity index (χ3n) is 2.84. The Kier molecular flexibility index (Phi) is 6.36. The van der Waals surface area contributed by atoms with Crippen LogP contribution in [0.4, 0.5) is 0 Å². The van der Waals surface area contributed by atoms with Gasteiger partial charge in [-0.2, -0.15) is 11.8 Å². The number of carboxylic acid groups (broad SMARTS) is 1. The summed E-state index contributed by atoms with van der Waals surface area (Å²) >= 11 is 1.58. The van der Waals surface area contributed by atoms with Crippen LogP contribution < -0.4 is 10.6 Å². The molecule has 1 aliphatic rings. The molecule has 0 aromatic rings. The van der Waals surface area contributed by atoms with Crippen molar-refractivity contribution in [2.75, 3.05) is 18.6 Å². The fourth-order valence-corrected chi connectivity index (χ4v) is 2.37. The van der Waals surface area contributed by atoms with Gasteiger partial charge in [0.05, 0.1) is 0 Å². The Morgan fingerprint density at radius 2 is 2.35 bits per heavy atom. The van der Waals surface area contributed by atoms with E-state index in [1.807, 2.05) is 6.26 Å². The number of thioether (sulfide) groups is 1. The maximum atomic E-state index is 11.7. The Bertz CT molecular complexity index is 267. The molecule has 17 heavy (non-hydrogen) atoms. The SMILES string of the molecule is CSCCC(NC(=O)CC1CCCN1)C(=O)O. The second kappa shape index (κ2) is 7.55. The van der Waals surface area contributed by atoms with E-state index < -0.39 is 12.0 Å². The van der Waals surface area contributed by atoms with Crippen molar-refractivity contribution in [3.8, 4) is 0 Å². The molecule has 0 aromatic heterocycles. The number of rotatable bonds is 7. The van der Waals surface area contributed by atoms with Crippen LogP contribution in [0.3, 0.4) is 0 Å². The van der Waals surface area contributed by atoms with Gasteiger partial charge in [-0.3, -0.25) is 4.79 Å². The molecule has 2 unspecified atom stereocenters. The van der Waals surface area contributed by atoms with Crippen LogP contribution in [0.2, 0.25) is 0 Å². The lowest BCUT2D eigenvalue weighted by atomic mass is 10.1. The van der Waals surface area contributed by atoms with Gasteiger partial charge < -0.3 is 15.7 Å². The van der Waals surface area contributed by atoms with E-state index in [2.05, 4.69) is 10.6 Å². The van der Waals surface area contributed by atoms with Gasteiger partial charge in [-0.15, -0.1) is 0 Å². The second-order valence-corrected chi connectivity index (χ2v) is 5.22. The van der Waals surface area contributed by atoms with Crippen molar-refractivity contribution in [2.45, 2.75) is 37.8 Å². The molecule has 2 atom stereocenters. The molecule has 1 aliphatic heterocycles. The van der Waals surface area contributed by atoms with E-state index >= 15 is 0 Å². The predicted octanol–water partition coefficient (Wildman–Crippen LogP) is 0.451. The topological polar surface area (TPSA) is 78.4 Å². The van der Waals surface area contributed by atoms with Crippen molar-refractivity contribution >= 4 is 23.6 Å². The first-order valence-corrected chi connectivity index (χ1v) is 7.27. The molecule has 1 rings (SSSR count). The Balaban J connectivity index is 2.32. The molecule has 1 saturated heterocycles. The number of aliphatic carboxylic acids is 1. The van der Waals surface area contributed by atoms with E-state index in [0.717, 1.165) is 25.1 Å². The molecule has 1 fully saturated rings. The summed E-state index contributed by atoms with van der Waals surface area (Å²) in [6.07, 6.45) is 4.86. The molecule has 0 spiro atoms. The molecule has 0 saturated carbocycles. The summed E-state index contributed by atoms with van der Waals surface area (Å²) < 4.78 is 0. The summed E-state index contributed by atoms with van der Waals surface area (Å²) in [5, 5.41) is 14.8. The zero-order valence-electron chi connectivity index (χ0n) is 10.1. The normalized spacial score (nSPS) is 21.1. The molecule has 0 radical (unpaired) electrons. The third kappa shape index (κ3) is 5.41. The Morgan fingerprint density at radius 1 is 1.59 bits per heavy atom. The lowest BCUT2D eigenvalue weighted by molar-refractivity contribution is -0.141. The van der Waals surface area contributed by atoms with Gasteiger partial charge in [0, 0.05) is 12.5 Å². The van der Waals surface area contributed by atoms with Crippen LogP contribution in [0, 0.1) is 0 Å². The highest BCUT2D eigenvalue weighted by Crippen LogP contribution is 2.09. The highest BCUT2D eigenvalue weighted by atomic mass is 32.2. The van der Waals surface area contributed by atoms with E-state index in [-0.39, 0.29) is 11.9 Å². The molecule has 6 heteroatoms. The van der Waals surface area contributed by atoms with E-state index in [4.69, 9.17) is 5.11 Å². The highest BCUT2D eigenvalue weighted by molar-refractivity contribution is 7.98. The van der Waals surface area contributed by atoms with Crippen LogP contribution in [-0.2, 0) is 9.59 Å². The molecule has 0 aromatic carbocycles. The van der Waals surface area contributed by atoms with Crippen LogP contribution >= 0.6 is 11.8 Å². The lowest BCUT2D eigenvalue weighted by Gasteiger charge is -2.16. The van der Waals surface area contributed by atoms with Crippen molar-refractivity contribution < 1.29 is 14.7 Å². The zero-order valence-corrected chi connectivity index (χ0v) is 10.9. The summed E-state index contributed by atoms with van der Waals surface area (Å²) in [7, 11) is 0. The van der Waals surface area contributed by atoms with Gasteiger partial charge in [-0.25, -0.2) is 4.79 Å². The van der Waals surface area contributed by atoms with Crippen LogP contribution in [0.25, 0.3) is 0 Å². The van der Waals surface area contributed by atoms with E-state index in [9.17, 15) is 9.59 Å². The number of carbonyl (C=O) groups is 2. The number of carboxylic acids is 1. The average molecular weight is 260 g/mol. The van der Waals surface area contributed by atoms with Crippen LogP contribution in [0.15, 0.2) is 0 Å². The first-order chi connectivity index (χ1) is 8.13. The first-order valence-electron chi connectivity index (χ1n) is 5.88. The van der Waals surface area contributed by atoms with E-state index in [0.29, 0.717) is 12.8 Å². The van der Waals surface area contributed by atoms with Gasteiger partial charge in [0.15, 0.2) is 0 Å². The van der Waals surface area contributed by atoms with Crippen molar-refractivity contribution in [3.05, 3.63) is 0 Å². The first kappa shape index (κ1) is 14.3. The number of amides is 1. The smallest absolute Gasteiger partial charge is 0.326 e. The van der Waals surface area contributed by atoms with E-state index in [1.165, 1.54) is 0 Å². The van der Waals surface area contributed by atoms with Crippen LogP contribution in [0.5, 0.6) is 0 Å². The number of hydrogen-bond acceptors (Lipinski definition) is 4. The van der Waals surface area contributed by atoms with Gasteiger partial charge in [0.25, 0.3) is 0 Å². The monoisotopic (exact) mass is 260 g/mol. The molecule has 0 aliphatic carbocycles. The van der Waals surface area contributed by atoms with Gasteiger partial charge in [0.1, 0.15) is 6.04 Å². The maximum Gasteiger partial charge on any atom is 0.326 e. The van der Waals surface area contributed by atoms with Gasteiger partial charge in [0.2, 0.25) is 5.91 Å².